The molecule has 0 unspecified atom stereocenters. The maximum atomic E-state index is 13.0. The van der Waals surface area contributed by atoms with Gasteiger partial charge in [-0.2, -0.15) is 0 Å². The predicted molar refractivity (Wildman–Crippen MR) is 98.2 cm³/mol. The van der Waals surface area contributed by atoms with Gasteiger partial charge in [-0.1, -0.05) is 12.1 Å². The number of anilines is 1. The number of hydrogen-bond donors (Lipinski definition) is 1. The Balaban J connectivity index is 1.73. The molecule has 2 atom stereocenters. The first-order valence-corrected chi connectivity index (χ1v) is 9.09. The summed E-state index contributed by atoms with van der Waals surface area (Å²) < 4.78 is 11.0. The van der Waals surface area contributed by atoms with Gasteiger partial charge in [0.05, 0.1) is 30.9 Å². The van der Waals surface area contributed by atoms with Crippen LogP contribution in [0.5, 0.6) is 0 Å². The van der Waals surface area contributed by atoms with Gasteiger partial charge in [-0.15, -0.1) is 0 Å². The Morgan fingerprint density at radius 1 is 1.24 bits per heavy atom. The Bertz CT molecular complexity index is 587. The van der Waals surface area contributed by atoms with E-state index in [2.05, 4.69) is 29.0 Å². The standard InChI is InChI=1S/C19H29N3O3/c1-14(2)22-12-16(18(13-22)24-3)20-19(23)15-6-4-5-7-17(15)21-8-10-25-11-9-21/h4-7,14,16,18H,8-13H2,1-3H3,(H,20,23)/t16-,18-/m0/s1. The van der Waals surface area contributed by atoms with Gasteiger partial charge in [0.15, 0.2) is 0 Å². The van der Waals surface area contributed by atoms with Crippen LogP contribution < -0.4 is 10.2 Å². The van der Waals surface area contributed by atoms with Gasteiger partial charge in [-0.3, -0.25) is 9.69 Å². The Kier molecular flexibility index (Phi) is 5.93. The smallest absolute Gasteiger partial charge is 0.253 e. The van der Waals surface area contributed by atoms with Gasteiger partial charge in [-0.05, 0) is 26.0 Å². The minimum atomic E-state index is -0.0280. The fourth-order valence-corrected chi connectivity index (χ4v) is 3.59. The zero-order valence-electron chi connectivity index (χ0n) is 15.4. The van der Waals surface area contributed by atoms with Crippen LogP contribution in [0, 0.1) is 0 Å². The summed E-state index contributed by atoms with van der Waals surface area (Å²) in [6, 6.07) is 8.27. The molecule has 0 bridgehead atoms. The summed E-state index contributed by atoms with van der Waals surface area (Å²) >= 11 is 0. The average Bonchev–Trinajstić information content (AvgIpc) is 3.05. The fraction of sp³-hybridized carbons (Fsp3) is 0.632. The topological polar surface area (TPSA) is 54.0 Å². The number of rotatable bonds is 5. The number of methoxy groups -OCH3 is 1. The molecular weight excluding hydrogens is 318 g/mol. The molecule has 2 saturated heterocycles. The number of para-hydroxylation sites is 1. The summed E-state index contributed by atoms with van der Waals surface area (Å²) in [6.45, 7) is 9.05. The van der Waals surface area contributed by atoms with Crippen molar-refractivity contribution in [3.05, 3.63) is 29.8 Å². The van der Waals surface area contributed by atoms with E-state index in [1.807, 2.05) is 24.3 Å². The Labute approximate surface area is 150 Å². The number of nitrogens with one attached hydrogen (secondary N) is 1. The molecule has 138 valence electrons. The van der Waals surface area contributed by atoms with Crippen molar-refractivity contribution >= 4 is 11.6 Å². The van der Waals surface area contributed by atoms with Crippen molar-refractivity contribution in [2.24, 2.45) is 0 Å². The maximum absolute atomic E-state index is 13.0. The van der Waals surface area contributed by atoms with Gasteiger partial charge in [0, 0.05) is 45.0 Å². The quantitative estimate of drug-likeness (QED) is 0.872. The molecular formula is C19H29N3O3. The van der Waals surface area contributed by atoms with Crippen LogP contribution in [0.1, 0.15) is 24.2 Å². The molecule has 0 aliphatic carbocycles. The molecule has 25 heavy (non-hydrogen) atoms. The highest BCUT2D eigenvalue weighted by atomic mass is 16.5. The molecule has 0 aromatic heterocycles. The number of amides is 1. The van der Waals surface area contributed by atoms with Gasteiger partial charge in [0.2, 0.25) is 0 Å². The molecule has 1 amide bonds. The monoisotopic (exact) mass is 347 g/mol. The van der Waals surface area contributed by atoms with Crippen molar-refractivity contribution in [2.75, 3.05) is 51.4 Å². The van der Waals surface area contributed by atoms with Crippen molar-refractivity contribution in [3.63, 3.8) is 0 Å². The van der Waals surface area contributed by atoms with Crippen molar-refractivity contribution < 1.29 is 14.3 Å². The minimum Gasteiger partial charge on any atom is -0.378 e. The van der Waals surface area contributed by atoms with E-state index in [0.717, 1.165) is 37.4 Å². The van der Waals surface area contributed by atoms with Gasteiger partial charge in [0.1, 0.15) is 0 Å². The summed E-state index contributed by atoms with van der Waals surface area (Å²) in [5, 5.41) is 3.20. The second-order valence-electron chi connectivity index (χ2n) is 7.02. The Morgan fingerprint density at radius 3 is 2.64 bits per heavy atom. The van der Waals surface area contributed by atoms with E-state index in [4.69, 9.17) is 9.47 Å². The number of benzene rings is 1. The van der Waals surface area contributed by atoms with Crippen LogP contribution in [0.4, 0.5) is 5.69 Å². The second kappa shape index (κ2) is 8.17. The van der Waals surface area contributed by atoms with Crippen molar-refractivity contribution in [2.45, 2.75) is 32.0 Å². The van der Waals surface area contributed by atoms with Crippen molar-refractivity contribution in [1.29, 1.82) is 0 Å². The van der Waals surface area contributed by atoms with E-state index in [0.29, 0.717) is 19.3 Å². The predicted octanol–water partition coefficient (Wildman–Crippen LogP) is 1.36. The summed E-state index contributed by atoms with van der Waals surface area (Å²) in [6.07, 6.45) is 0.0295. The number of likely N-dealkylation sites (tertiary alicyclic amines) is 1. The third-order valence-corrected chi connectivity index (χ3v) is 5.14. The molecule has 6 nitrogen and oxygen atoms in total. The van der Waals surface area contributed by atoms with E-state index < -0.39 is 0 Å². The van der Waals surface area contributed by atoms with Crippen LogP contribution in [0.25, 0.3) is 0 Å². The van der Waals surface area contributed by atoms with Crippen molar-refractivity contribution in [1.82, 2.24) is 10.2 Å². The lowest BCUT2D eigenvalue weighted by Gasteiger charge is -2.30. The third-order valence-electron chi connectivity index (χ3n) is 5.14. The van der Waals surface area contributed by atoms with Crippen LogP contribution in [0.15, 0.2) is 24.3 Å². The van der Waals surface area contributed by atoms with E-state index in [1.54, 1.807) is 7.11 Å². The molecule has 1 aromatic rings. The summed E-state index contributed by atoms with van der Waals surface area (Å²) in [5.41, 5.74) is 1.71. The lowest BCUT2D eigenvalue weighted by atomic mass is 10.1. The number of ether oxygens (including phenoxy) is 2. The number of carbonyl (C=O) groups excluding carboxylic acids is 1. The summed E-state index contributed by atoms with van der Waals surface area (Å²) in [5.74, 6) is -0.0280. The molecule has 1 aromatic carbocycles. The van der Waals surface area contributed by atoms with Gasteiger partial charge in [0.25, 0.3) is 5.91 Å². The normalized spacial score (nSPS) is 24.7. The summed E-state index contributed by atoms with van der Waals surface area (Å²) in [7, 11) is 1.72. The molecule has 2 aliphatic rings. The first-order valence-electron chi connectivity index (χ1n) is 9.09. The zero-order chi connectivity index (χ0) is 17.8. The number of hydrogen-bond acceptors (Lipinski definition) is 5. The molecule has 6 heteroatoms. The molecule has 0 radical (unpaired) electrons. The van der Waals surface area contributed by atoms with Gasteiger partial charge in [-0.25, -0.2) is 0 Å². The molecule has 2 heterocycles. The molecule has 0 spiro atoms. The fourth-order valence-electron chi connectivity index (χ4n) is 3.59. The van der Waals surface area contributed by atoms with Crippen LogP contribution in [-0.2, 0) is 9.47 Å². The molecule has 1 N–H and O–H groups in total. The summed E-state index contributed by atoms with van der Waals surface area (Å²) in [4.78, 5) is 17.5. The third kappa shape index (κ3) is 4.14. The van der Waals surface area contributed by atoms with Crippen LogP contribution in [-0.4, -0.2) is 75.5 Å². The minimum absolute atomic E-state index is 0.0117. The zero-order valence-corrected chi connectivity index (χ0v) is 15.4. The lowest BCUT2D eigenvalue weighted by Crippen LogP contribution is -2.44. The number of carbonyl (C=O) groups is 1. The SMILES string of the molecule is CO[C@H]1CN(C(C)C)C[C@@H]1NC(=O)c1ccccc1N1CCOCC1. The Morgan fingerprint density at radius 2 is 1.96 bits per heavy atom. The molecule has 3 rings (SSSR count). The highest BCUT2D eigenvalue weighted by Gasteiger charge is 2.35. The van der Waals surface area contributed by atoms with E-state index in [-0.39, 0.29) is 18.1 Å². The Hall–Kier alpha value is -1.63. The lowest BCUT2D eigenvalue weighted by molar-refractivity contribution is 0.0753. The van der Waals surface area contributed by atoms with Crippen LogP contribution in [0.3, 0.4) is 0 Å². The highest BCUT2D eigenvalue weighted by Crippen LogP contribution is 2.23. The van der Waals surface area contributed by atoms with E-state index in [1.165, 1.54) is 0 Å². The van der Waals surface area contributed by atoms with Gasteiger partial charge < -0.3 is 19.7 Å². The largest absolute Gasteiger partial charge is 0.378 e. The molecule has 2 aliphatic heterocycles. The van der Waals surface area contributed by atoms with Gasteiger partial charge >= 0.3 is 0 Å². The van der Waals surface area contributed by atoms with Crippen LogP contribution in [0.2, 0.25) is 0 Å². The molecule has 0 saturated carbocycles. The van der Waals surface area contributed by atoms with E-state index >= 15 is 0 Å². The first-order chi connectivity index (χ1) is 12.1. The number of morpholine rings is 1. The number of nitrogens with zero attached hydrogens (tertiary/aromatic N) is 2. The first kappa shape index (κ1) is 18.2. The van der Waals surface area contributed by atoms with Crippen LogP contribution >= 0.6 is 0 Å². The highest BCUT2D eigenvalue weighted by molar-refractivity contribution is 6.00. The maximum Gasteiger partial charge on any atom is 0.253 e. The molecule has 2 fully saturated rings. The van der Waals surface area contributed by atoms with Crippen molar-refractivity contribution in [3.8, 4) is 0 Å². The average molecular weight is 347 g/mol. The second-order valence-corrected chi connectivity index (χ2v) is 7.02. The van der Waals surface area contributed by atoms with E-state index in [9.17, 15) is 4.79 Å².